The van der Waals surface area contributed by atoms with Crippen molar-refractivity contribution < 1.29 is 4.79 Å². The second-order valence-corrected chi connectivity index (χ2v) is 5.72. The summed E-state index contributed by atoms with van der Waals surface area (Å²) in [6.07, 6.45) is 10.5. The van der Waals surface area contributed by atoms with Gasteiger partial charge in [-0.1, -0.05) is 25.7 Å². The summed E-state index contributed by atoms with van der Waals surface area (Å²) in [4.78, 5) is 14.5. The molecule has 1 aliphatic heterocycles. The number of nitrogens with zero attached hydrogens (tertiary/aromatic N) is 1. The Morgan fingerprint density at radius 1 is 0.944 bits per heavy atom. The van der Waals surface area contributed by atoms with Gasteiger partial charge in [0, 0.05) is 25.0 Å². The molecule has 1 heterocycles. The van der Waals surface area contributed by atoms with Gasteiger partial charge in [0.2, 0.25) is 5.91 Å². The maximum atomic E-state index is 12.4. The van der Waals surface area contributed by atoms with Crippen LogP contribution in [0.5, 0.6) is 0 Å². The Labute approximate surface area is 117 Å². The molecule has 4 heteroatoms. The molecule has 0 aromatic rings. The number of rotatable bonds is 1. The van der Waals surface area contributed by atoms with Crippen molar-refractivity contribution in [1.82, 2.24) is 4.90 Å². The van der Waals surface area contributed by atoms with E-state index >= 15 is 0 Å². The second kappa shape index (κ2) is 8.00. The van der Waals surface area contributed by atoms with Gasteiger partial charge in [-0.25, -0.2) is 0 Å². The number of nitrogens with two attached hydrogens (primary N) is 1. The van der Waals surface area contributed by atoms with E-state index in [2.05, 4.69) is 4.90 Å². The van der Waals surface area contributed by atoms with Crippen LogP contribution in [0, 0.1) is 5.92 Å². The van der Waals surface area contributed by atoms with E-state index in [4.69, 9.17) is 5.73 Å². The molecule has 1 amide bonds. The third kappa shape index (κ3) is 4.43. The van der Waals surface area contributed by atoms with Crippen LogP contribution in [0.3, 0.4) is 0 Å². The molecule has 1 aliphatic carbocycles. The fourth-order valence-electron chi connectivity index (χ4n) is 3.18. The summed E-state index contributed by atoms with van der Waals surface area (Å²) in [6.45, 7) is 1.95. The molecule has 18 heavy (non-hydrogen) atoms. The summed E-state index contributed by atoms with van der Waals surface area (Å²) in [5.41, 5.74) is 5.98. The quantitative estimate of drug-likeness (QED) is 0.799. The number of halogens is 1. The second-order valence-electron chi connectivity index (χ2n) is 5.72. The molecule has 2 N–H and O–H groups in total. The summed E-state index contributed by atoms with van der Waals surface area (Å²) in [5.74, 6) is 0.611. The Morgan fingerprint density at radius 2 is 1.56 bits per heavy atom. The standard InChI is InChI=1S/C14H26N2O.ClH/c15-13-8-6-7-12(11-13)14(17)16-9-4-2-1-3-5-10-16;/h12-13H,1-11,15H2;1H. The molecule has 2 atom stereocenters. The monoisotopic (exact) mass is 274 g/mol. The summed E-state index contributed by atoms with van der Waals surface area (Å²) in [7, 11) is 0. The van der Waals surface area contributed by atoms with Gasteiger partial charge in [-0.2, -0.15) is 0 Å². The van der Waals surface area contributed by atoms with Crippen molar-refractivity contribution in [3.05, 3.63) is 0 Å². The maximum absolute atomic E-state index is 12.4. The lowest BCUT2D eigenvalue weighted by atomic mass is 9.85. The van der Waals surface area contributed by atoms with Crippen LogP contribution in [0.2, 0.25) is 0 Å². The van der Waals surface area contributed by atoms with E-state index in [1.807, 2.05) is 0 Å². The van der Waals surface area contributed by atoms with E-state index in [0.29, 0.717) is 5.91 Å². The highest BCUT2D eigenvalue weighted by Crippen LogP contribution is 2.25. The van der Waals surface area contributed by atoms with Crippen molar-refractivity contribution in [1.29, 1.82) is 0 Å². The van der Waals surface area contributed by atoms with Crippen molar-refractivity contribution in [3.63, 3.8) is 0 Å². The van der Waals surface area contributed by atoms with Crippen LogP contribution >= 0.6 is 12.4 Å². The molecule has 0 aromatic carbocycles. The minimum Gasteiger partial charge on any atom is -0.342 e. The van der Waals surface area contributed by atoms with Gasteiger partial charge in [0.1, 0.15) is 0 Å². The first-order valence-electron chi connectivity index (χ1n) is 7.32. The molecule has 1 saturated carbocycles. The lowest BCUT2D eigenvalue weighted by Gasteiger charge is -2.32. The third-order valence-electron chi connectivity index (χ3n) is 4.23. The van der Waals surface area contributed by atoms with Gasteiger partial charge in [0.15, 0.2) is 0 Å². The summed E-state index contributed by atoms with van der Waals surface area (Å²) >= 11 is 0. The highest BCUT2D eigenvalue weighted by molar-refractivity contribution is 5.85. The third-order valence-corrected chi connectivity index (χ3v) is 4.23. The zero-order chi connectivity index (χ0) is 12.1. The van der Waals surface area contributed by atoms with Gasteiger partial charge in [-0.3, -0.25) is 4.79 Å². The first-order chi connectivity index (χ1) is 8.27. The summed E-state index contributed by atoms with van der Waals surface area (Å²) < 4.78 is 0. The summed E-state index contributed by atoms with van der Waals surface area (Å²) in [5, 5.41) is 0. The van der Waals surface area contributed by atoms with E-state index in [1.165, 1.54) is 32.1 Å². The normalized spacial score (nSPS) is 29.9. The molecule has 2 fully saturated rings. The molecular weight excluding hydrogens is 248 g/mol. The minimum atomic E-state index is 0. The Kier molecular flexibility index (Phi) is 7.02. The van der Waals surface area contributed by atoms with Crippen molar-refractivity contribution in [3.8, 4) is 0 Å². The van der Waals surface area contributed by atoms with Gasteiger partial charge in [0.25, 0.3) is 0 Å². The lowest BCUT2D eigenvalue weighted by molar-refractivity contribution is -0.137. The first-order valence-corrected chi connectivity index (χ1v) is 7.32. The molecule has 106 valence electrons. The average Bonchev–Trinajstić information content (AvgIpc) is 2.28. The number of carbonyl (C=O) groups excluding carboxylic acids is 1. The highest BCUT2D eigenvalue weighted by Gasteiger charge is 2.28. The zero-order valence-corrected chi connectivity index (χ0v) is 12.1. The Balaban J connectivity index is 0.00000162. The fourth-order valence-corrected chi connectivity index (χ4v) is 3.18. The lowest BCUT2D eigenvalue weighted by Crippen LogP contribution is -2.41. The van der Waals surface area contributed by atoms with Gasteiger partial charge < -0.3 is 10.6 Å². The van der Waals surface area contributed by atoms with Crippen molar-refractivity contribution in [2.45, 2.75) is 63.8 Å². The van der Waals surface area contributed by atoms with E-state index < -0.39 is 0 Å². The topological polar surface area (TPSA) is 46.3 Å². The smallest absolute Gasteiger partial charge is 0.225 e. The number of carbonyl (C=O) groups is 1. The molecule has 0 bridgehead atoms. The van der Waals surface area contributed by atoms with Crippen LogP contribution in [-0.4, -0.2) is 29.9 Å². The molecule has 2 rings (SSSR count). The van der Waals surface area contributed by atoms with Gasteiger partial charge in [0.05, 0.1) is 0 Å². The highest BCUT2D eigenvalue weighted by atomic mass is 35.5. The van der Waals surface area contributed by atoms with Gasteiger partial charge in [-0.15, -0.1) is 12.4 Å². The fraction of sp³-hybridized carbons (Fsp3) is 0.929. The molecule has 2 unspecified atom stereocenters. The Morgan fingerprint density at radius 3 is 2.17 bits per heavy atom. The minimum absolute atomic E-state index is 0. The Bertz CT molecular complexity index is 252. The number of hydrogen-bond donors (Lipinski definition) is 1. The van der Waals surface area contributed by atoms with Crippen LogP contribution in [0.1, 0.15) is 57.8 Å². The summed E-state index contributed by atoms with van der Waals surface area (Å²) in [6, 6.07) is 0.257. The predicted molar refractivity (Wildman–Crippen MR) is 76.8 cm³/mol. The average molecular weight is 275 g/mol. The molecule has 3 nitrogen and oxygen atoms in total. The molecule has 0 aromatic heterocycles. The van der Waals surface area contributed by atoms with Crippen molar-refractivity contribution >= 4 is 18.3 Å². The maximum Gasteiger partial charge on any atom is 0.225 e. The van der Waals surface area contributed by atoms with Crippen LogP contribution in [-0.2, 0) is 4.79 Å². The van der Waals surface area contributed by atoms with Gasteiger partial charge in [-0.05, 0) is 32.1 Å². The first kappa shape index (κ1) is 15.8. The van der Waals surface area contributed by atoms with Crippen molar-refractivity contribution in [2.24, 2.45) is 11.7 Å². The molecule has 0 radical (unpaired) electrons. The molecule has 0 spiro atoms. The number of likely N-dealkylation sites (tertiary alicyclic amines) is 1. The van der Waals surface area contributed by atoms with Crippen LogP contribution in [0.15, 0.2) is 0 Å². The number of hydrogen-bond acceptors (Lipinski definition) is 2. The van der Waals surface area contributed by atoms with E-state index in [-0.39, 0.29) is 24.4 Å². The van der Waals surface area contributed by atoms with Crippen LogP contribution in [0.4, 0.5) is 0 Å². The predicted octanol–water partition coefficient (Wildman–Crippen LogP) is 2.72. The SMILES string of the molecule is Cl.NC1CCCC(C(=O)N2CCCCCCC2)C1. The van der Waals surface area contributed by atoms with Gasteiger partial charge >= 0.3 is 0 Å². The van der Waals surface area contributed by atoms with E-state index in [1.54, 1.807) is 0 Å². The zero-order valence-electron chi connectivity index (χ0n) is 11.3. The van der Waals surface area contributed by atoms with Crippen LogP contribution in [0.25, 0.3) is 0 Å². The molecular formula is C14H27ClN2O. The van der Waals surface area contributed by atoms with Crippen LogP contribution < -0.4 is 5.73 Å². The van der Waals surface area contributed by atoms with E-state index in [0.717, 1.165) is 38.8 Å². The van der Waals surface area contributed by atoms with E-state index in [9.17, 15) is 4.79 Å². The Hall–Kier alpha value is -0.280. The largest absolute Gasteiger partial charge is 0.342 e. The number of amides is 1. The molecule has 1 saturated heterocycles. The van der Waals surface area contributed by atoms with Crippen molar-refractivity contribution in [2.75, 3.05) is 13.1 Å². The molecule has 2 aliphatic rings.